The van der Waals surface area contributed by atoms with Crippen molar-refractivity contribution < 1.29 is 119 Å². The first-order valence-corrected chi connectivity index (χ1v) is 5.55. The van der Waals surface area contributed by atoms with Gasteiger partial charge in [-0.15, -0.1) is 30.7 Å². The Morgan fingerprint density at radius 2 is 0.273 bits per heavy atom. The molecule has 0 unspecified atom stereocenters. The average molecular weight is 476 g/mol. The second kappa shape index (κ2) is 26.7. The van der Waals surface area contributed by atoms with Gasteiger partial charge in [0.15, 0.2) is 0 Å². The molecular weight excluding hydrogens is 464 g/mol. The van der Waals surface area contributed by atoms with Gasteiger partial charge in [-0.2, -0.15) is 0 Å². The number of rotatable bonds is 0. The van der Waals surface area contributed by atoms with Crippen molar-refractivity contribution in [1.29, 1.82) is 0 Å². The van der Waals surface area contributed by atoms with E-state index >= 15 is 0 Å². The number of halogens is 3. The average Bonchev–Trinajstić information content (AvgIpc) is 1.41. The molecule has 12 N–H and O–H groups in total. The Morgan fingerprint density at radius 3 is 0.273 bits per heavy atom. The summed E-state index contributed by atoms with van der Waals surface area (Å²) in [7, 11) is -14.8. The normalized spacial score (nSPS) is 8.18. The van der Waals surface area contributed by atoms with Crippen molar-refractivity contribution in [3.8, 4) is 0 Å². The standard InChI is InChI=1S/3ClHO4.Ga.6H2O/c3*2-1(3,4)5;;;;;;;/h3*(H,2,3,4,5);;6*1H2/q;;;+3;;;;;;/p-3. The van der Waals surface area contributed by atoms with Crippen LogP contribution >= 0.6 is 0 Å². The molecular formula is H12Cl3GaO18. The smallest absolute Gasteiger partial charge is 0.412 e. The van der Waals surface area contributed by atoms with Crippen molar-refractivity contribution in [1.82, 2.24) is 0 Å². The van der Waals surface area contributed by atoms with Crippen molar-refractivity contribution in [2.75, 3.05) is 0 Å². The van der Waals surface area contributed by atoms with E-state index in [0.29, 0.717) is 0 Å². The SMILES string of the molecule is O.O.O.O.O.O.[Ga+3].[O-][Cl+3]([O-])([O-])[O-].[O-][Cl+3]([O-])([O-])[O-].[O-][Cl+3]([O-])([O-])[O-]. The molecule has 0 spiro atoms. The van der Waals surface area contributed by atoms with Crippen LogP contribution in [-0.2, 0) is 0 Å². The van der Waals surface area contributed by atoms with Gasteiger partial charge in [0.05, 0.1) is 0 Å². The molecule has 0 bridgehead atoms. The van der Waals surface area contributed by atoms with E-state index in [1.54, 1.807) is 0 Å². The van der Waals surface area contributed by atoms with Crippen molar-refractivity contribution in [3.63, 3.8) is 0 Å². The van der Waals surface area contributed by atoms with Gasteiger partial charge in [0, 0.05) is 0 Å². The van der Waals surface area contributed by atoms with E-state index in [1.165, 1.54) is 0 Å². The molecule has 0 amide bonds. The molecule has 144 valence electrons. The topological polar surface area (TPSA) is 466 Å². The molecule has 0 aliphatic heterocycles. The van der Waals surface area contributed by atoms with E-state index in [2.05, 4.69) is 0 Å². The summed E-state index contributed by atoms with van der Waals surface area (Å²) < 4.78 is 102. The second-order valence-electron chi connectivity index (χ2n) is 1.13. The fourth-order valence-electron chi connectivity index (χ4n) is 0. The molecule has 0 aromatic carbocycles. The molecule has 0 fully saturated rings. The van der Waals surface area contributed by atoms with E-state index in [1.807, 2.05) is 0 Å². The third-order valence-electron chi connectivity index (χ3n) is 0. The van der Waals surface area contributed by atoms with Gasteiger partial charge in [0.1, 0.15) is 0 Å². The summed E-state index contributed by atoms with van der Waals surface area (Å²) in [5, 5.41) is 0. The Morgan fingerprint density at radius 1 is 0.273 bits per heavy atom. The fraction of sp³-hybridized carbons (Fsp3) is 0. The zero-order valence-corrected chi connectivity index (χ0v) is 14.3. The van der Waals surface area contributed by atoms with Gasteiger partial charge in [-0.3, -0.25) is 0 Å². The summed E-state index contributed by atoms with van der Waals surface area (Å²) in [4.78, 5) is 0. The quantitative estimate of drug-likeness (QED) is 0.294. The summed E-state index contributed by atoms with van der Waals surface area (Å²) in [5.41, 5.74) is 0. The minimum Gasteiger partial charge on any atom is -0.412 e. The molecule has 0 heterocycles. The molecule has 0 radical (unpaired) electrons. The molecule has 22 heavy (non-hydrogen) atoms. The molecule has 18 nitrogen and oxygen atoms in total. The van der Waals surface area contributed by atoms with Crippen molar-refractivity contribution in [2.24, 2.45) is 0 Å². The summed E-state index contributed by atoms with van der Waals surface area (Å²) in [6.45, 7) is 0. The molecule has 22 heteroatoms. The molecule has 0 rings (SSSR count). The molecule has 0 aromatic rings. The fourth-order valence-corrected chi connectivity index (χ4v) is 0. The molecule has 0 atom stereocenters. The van der Waals surface area contributed by atoms with Crippen LogP contribution in [0.4, 0.5) is 0 Å². The van der Waals surface area contributed by atoms with Crippen molar-refractivity contribution in [2.45, 2.75) is 0 Å². The second-order valence-corrected chi connectivity index (χ2v) is 3.40. The zero-order chi connectivity index (χ0) is 13.5. The van der Waals surface area contributed by atoms with Gasteiger partial charge < -0.3 is 32.9 Å². The maximum atomic E-state index is 8.49. The first kappa shape index (κ1) is 66.2. The van der Waals surface area contributed by atoms with Gasteiger partial charge in [-0.1, -0.05) is 0 Å². The summed E-state index contributed by atoms with van der Waals surface area (Å²) in [6, 6.07) is 0. The van der Waals surface area contributed by atoms with Gasteiger partial charge in [-0.05, 0) is 0 Å². The maximum absolute atomic E-state index is 8.49. The van der Waals surface area contributed by atoms with Gasteiger partial charge in [-0.25, -0.2) is 55.9 Å². The summed E-state index contributed by atoms with van der Waals surface area (Å²) in [5.74, 6) is 0. The van der Waals surface area contributed by atoms with Crippen LogP contribution in [0.3, 0.4) is 0 Å². The molecule has 0 aromatic heterocycles. The zero-order valence-electron chi connectivity index (χ0n) is 9.61. The number of hydrogen-bond donors (Lipinski definition) is 0. The van der Waals surface area contributed by atoms with Crippen LogP contribution in [0.1, 0.15) is 0 Å². The predicted molar refractivity (Wildman–Crippen MR) is 27.4 cm³/mol. The first-order valence-electron chi connectivity index (χ1n) is 1.85. The van der Waals surface area contributed by atoms with Crippen LogP contribution in [0.5, 0.6) is 0 Å². The van der Waals surface area contributed by atoms with Crippen LogP contribution in [0.2, 0.25) is 0 Å². The minimum atomic E-state index is -4.94. The van der Waals surface area contributed by atoms with E-state index in [-0.39, 0.29) is 52.6 Å². The van der Waals surface area contributed by atoms with Crippen LogP contribution < -0.4 is 55.9 Å². The predicted octanol–water partition coefficient (Wildman–Crippen LogP) is -19.6. The maximum Gasteiger partial charge on any atom is 3.00 e. The van der Waals surface area contributed by atoms with Crippen molar-refractivity contribution >= 4 is 19.8 Å². The Bertz CT molecular complexity index is 93.4. The molecule has 0 saturated heterocycles. The minimum absolute atomic E-state index is 0. The van der Waals surface area contributed by atoms with Crippen LogP contribution in [-0.4, -0.2) is 52.6 Å². The molecule has 0 saturated carbocycles. The van der Waals surface area contributed by atoms with E-state index in [0.717, 1.165) is 0 Å². The molecule has 0 aliphatic rings. The monoisotopic (exact) mass is 474 g/mol. The summed E-state index contributed by atoms with van der Waals surface area (Å²) >= 11 is 0. The Labute approximate surface area is 139 Å². The van der Waals surface area contributed by atoms with E-state index < -0.39 is 30.7 Å². The third kappa shape index (κ3) is 13200. The Hall–Kier alpha value is 0.786. The Kier molecular flexibility index (Phi) is 80.2. The van der Waals surface area contributed by atoms with Gasteiger partial charge in [0.25, 0.3) is 0 Å². The van der Waals surface area contributed by atoms with Gasteiger partial charge in [0.2, 0.25) is 0 Å². The van der Waals surface area contributed by atoms with Crippen molar-refractivity contribution in [3.05, 3.63) is 0 Å². The largest absolute Gasteiger partial charge is 3.00 e. The number of hydrogen-bond acceptors (Lipinski definition) is 12. The van der Waals surface area contributed by atoms with Crippen LogP contribution in [0.25, 0.3) is 0 Å². The third-order valence-corrected chi connectivity index (χ3v) is 0. The Balaban J connectivity index is -0.0000000106. The van der Waals surface area contributed by atoms with Gasteiger partial charge >= 0.3 is 19.8 Å². The first-order chi connectivity index (χ1) is 6.00. The van der Waals surface area contributed by atoms with E-state index in [9.17, 15) is 0 Å². The van der Waals surface area contributed by atoms with Crippen LogP contribution in [0.15, 0.2) is 0 Å². The van der Waals surface area contributed by atoms with E-state index in [4.69, 9.17) is 55.9 Å². The molecule has 0 aliphatic carbocycles. The summed E-state index contributed by atoms with van der Waals surface area (Å²) in [6.07, 6.45) is 0. The van der Waals surface area contributed by atoms with Crippen LogP contribution in [0, 0.1) is 30.7 Å².